The van der Waals surface area contributed by atoms with Crippen LogP contribution in [0.4, 0.5) is 0 Å². The Morgan fingerprint density at radius 3 is 3.07 bits per heavy atom. The van der Waals surface area contributed by atoms with Crippen molar-refractivity contribution < 1.29 is 4.74 Å². The second kappa shape index (κ2) is 6.94. The van der Waals surface area contributed by atoms with Gasteiger partial charge in [-0.15, -0.1) is 11.6 Å². The first-order chi connectivity index (χ1) is 6.72. The summed E-state index contributed by atoms with van der Waals surface area (Å²) in [6, 6.07) is 0. The summed E-state index contributed by atoms with van der Waals surface area (Å²) in [5, 5.41) is 0. The topological polar surface area (TPSA) is 12.5 Å². The summed E-state index contributed by atoms with van der Waals surface area (Å²) in [4.78, 5) is 2.33. The van der Waals surface area contributed by atoms with Gasteiger partial charge in [-0.2, -0.15) is 11.8 Å². The van der Waals surface area contributed by atoms with Gasteiger partial charge in [0.05, 0.1) is 12.7 Å². The standard InChI is InChI=1S/C10H20ClNOS/c1-9(5-11)7-14-8-10-6-12(2)3-4-13-10/h9-10H,3-8H2,1-2H3. The Labute approximate surface area is 96.3 Å². The number of morpholine rings is 1. The molecular formula is C10H20ClNOS. The van der Waals surface area contributed by atoms with Crippen molar-refractivity contribution in [2.24, 2.45) is 5.92 Å². The highest BCUT2D eigenvalue weighted by Gasteiger charge is 2.17. The summed E-state index contributed by atoms with van der Waals surface area (Å²) in [7, 11) is 2.15. The quantitative estimate of drug-likeness (QED) is 0.678. The zero-order chi connectivity index (χ0) is 10.4. The van der Waals surface area contributed by atoms with Gasteiger partial charge in [-0.05, 0) is 18.7 Å². The molecular weight excluding hydrogens is 218 g/mol. The van der Waals surface area contributed by atoms with Gasteiger partial charge in [-0.1, -0.05) is 6.92 Å². The van der Waals surface area contributed by atoms with E-state index in [0.717, 1.165) is 37.1 Å². The highest BCUT2D eigenvalue weighted by Crippen LogP contribution is 2.14. The highest BCUT2D eigenvalue weighted by molar-refractivity contribution is 7.99. The third-order valence-corrected chi connectivity index (χ3v) is 4.25. The first-order valence-electron chi connectivity index (χ1n) is 5.16. The fourth-order valence-corrected chi connectivity index (χ4v) is 2.77. The van der Waals surface area contributed by atoms with Crippen LogP contribution in [0.1, 0.15) is 6.92 Å². The number of ether oxygens (including phenoxy) is 1. The molecule has 1 aliphatic rings. The lowest BCUT2D eigenvalue weighted by atomic mass is 10.3. The fraction of sp³-hybridized carbons (Fsp3) is 1.00. The molecule has 0 aliphatic carbocycles. The number of hydrogen-bond acceptors (Lipinski definition) is 3. The van der Waals surface area contributed by atoms with Crippen LogP contribution in [0.25, 0.3) is 0 Å². The molecule has 1 saturated heterocycles. The Balaban J connectivity index is 2.05. The van der Waals surface area contributed by atoms with Crippen molar-refractivity contribution in [3.8, 4) is 0 Å². The van der Waals surface area contributed by atoms with E-state index in [1.807, 2.05) is 11.8 Å². The van der Waals surface area contributed by atoms with Crippen molar-refractivity contribution >= 4 is 23.4 Å². The van der Waals surface area contributed by atoms with Crippen molar-refractivity contribution in [3.05, 3.63) is 0 Å². The molecule has 0 radical (unpaired) electrons. The van der Waals surface area contributed by atoms with Crippen LogP contribution in [-0.4, -0.2) is 55.1 Å². The molecule has 14 heavy (non-hydrogen) atoms. The second-order valence-electron chi connectivity index (χ2n) is 4.05. The van der Waals surface area contributed by atoms with E-state index in [9.17, 15) is 0 Å². The number of hydrogen-bond donors (Lipinski definition) is 0. The maximum absolute atomic E-state index is 5.74. The lowest BCUT2D eigenvalue weighted by Crippen LogP contribution is -2.41. The molecule has 2 nitrogen and oxygen atoms in total. The number of likely N-dealkylation sites (N-methyl/N-ethyl adjacent to an activating group) is 1. The van der Waals surface area contributed by atoms with Crippen molar-refractivity contribution in [1.29, 1.82) is 0 Å². The normalized spacial score (nSPS) is 26.4. The zero-order valence-corrected chi connectivity index (χ0v) is 10.6. The largest absolute Gasteiger partial charge is 0.375 e. The fourth-order valence-electron chi connectivity index (χ4n) is 1.41. The number of nitrogens with zero attached hydrogens (tertiary/aromatic N) is 1. The Kier molecular flexibility index (Phi) is 6.26. The first-order valence-corrected chi connectivity index (χ1v) is 6.85. The predicted octanol–water partition coefficient (Wildman–Crippen LogP) is 1.93. The van der Waals surface area contributed by atoms with Gasteiger partial charge >= 0.3 is 0 Å². The highest BCUT2D eigenvalue weighted by atomic mass is 35.5. The average molecular weight is 238 g/mol. The molecule has 84 valence electrons. The lowest BCUT2D eigenvalue weighted by molar-refractivity contribution is -0.00598. The summed E-state index contributed by atoms with van der Waals surface area (Å²) in [6.07, 6.45) is 0.418. The minimum absolute atomic E-state index is 0.418. The molecule has 0 aromatic rings. The second-order valence-corrected chi connectivity index (χ2v) is 5.44. The van der Waals surface area contributed by atoms with Crippen LogP contribution in [0.2, 0.25) is 0 Å². The minimum Gasteiger partial charge on any atom is -0.375 e. The first kappa shape index (κ1) is 12.6. The third-order valence-electron chi connectivity index (χ3n) is 2.31. The summed E-state index contributed by atoms with van der Waals surface area (Å²) < 4.78 is 5.67. The molecule has 0 spiro atoms. The SMILES string of the molecule is CC(CCl)CSCC1CN(C)CCO1. The molecule has 1 heterocycles. The molecule has 1 fully saturated rings. The van der Waals surface area contributed by atoms with Crippen molar-refractivity contribution in [1.82, 2.24) is 4.90 Å². The van der Waals surface area contributed by atoms with Crippen molar-refractivity contribution in [3.63, 3.8) is 0 Å². The van der Waals surface area contributed by atoms with Crippen LogP contribution in [0.3, 0.4) is 0 Å². The van der Waals surface area contributed by atoms with E-state index in [-0.39, 0.29) is 0 Å². The summed E-state index contributed by atoms with van der Waals surface area (Å²) in [5.41, 5.74) is 0. The number of thioether (sulfide) groups is 1. The summed E-state index contributed by atoms with van der Waals surface area (Å²) >= 11 is 7.70. The third kappa shape index (κ3) is 4.87. The maximum Gasteiger partial charge on any atom is 0.0792 e. The predicted molar refractivity (Wildman–Crippen MR) is 64.4 cm³/mol. The van der Waals surface area contributed by atoms with E-state index in [0.29, 0.717) is 12.0 Å². The summed E-state index contributed by atoms with van der Waals surface area (Å²) in [6.45, 7) is 5.21. The molecule has 0 saturated carbocycles. The van der Waals surface area contributed by atoms with Crippen molar-refractivity contribution in [2.75, 3.05) is 44.1 Å². The monoisotopic (exact) mass is 237 g/mol. The Hall–Kier alpha value is 0.560. The molecule has 2 unspecified atom stereocenters. The maximum atomic E-state index is 5.74. The van der Waals surface area contributed by atoms with Crippen LogP contribution in [0.15, 0.2) is 0 Å². The molecule has 4 heteroatoms. The number of rotatable bonds is 5. The van der Waals surface area contributed by atoms with E-state index in [1.54, 1.807) is 0 Å². The van der Waals surface area contributed by atoms with E-state index in [4.69, 9.17) is 16.3 Å². The van der Waals surface area contributed by atoms with E-state index in [1.165, 1.54) is 0 Å². The molecule has 0 aromatic carbocycles. The number of alkyl halides is 1. The van der Waals surface area contributed by atoms with Gasteiger partial charge in [-0.3, -0.25) is 0 Å². The summed E-state index contributed by atoms with van der Waals surface area (Å²) in [5.74, 6) is 3.62. The van der Waals surface area contributed by atoms with E-state index >= 15 is 0 Å². The molecule has 0 aromatic heterocycles. The molecule has 0 bridgehead atoms. The van der Waals surface area contributed by atoms with Gasteiger partial charge < -0.3 is 9.64 Å². The number of halogens is 1. The molecule has 0 amide bonds. The van der Waals surface area contributed by atoms with Gasteiger partial charge in [0.2, 0.25) is 0 Å². The Bertz CT molecular complexity index is 159. The van der Waals surface area contributed by atoms with Gasteiger partial charge in [0.25, 0.3) is 0 Å². The van der Waals surface area contributed by atoms with Gasteiger partial charge in [0.1, 0.15) is 0 Å². The van der Waals surface area contributed by atoms with Gasteiger partial charge in [0.15, 0.2) is 0 Å². The van der Waals surface area contributed by atoms with Crippen LogP contribution in [-0.2, 0) is 4.74 Å². The van der Waals surface area contributed by atoms with Crippen LogP contribution in [0, 0.1) is 5.92 Å². The smallest absolute Gasteiger partial charge is 0.0792 e. The molecule has 2 atom stereocenters. The van der Waals surface area contributed by atoms with Gasteiger partial charge in [-0.25, -0.2) is 0 Å². The van der Waals surface area contributed by atoms with Crippen LogP contribution < -0.4 is 0 Å². The molecule has 1 rings (SSSR count). The molecule has 0 N–H and O–H groups in total. The van der Waals surface area contributed by atoms with Crippen LogP contribution in [0.5, 0.6) is 0 Å². The minimum atomic E-state index is 0.418. The van der Waals surface area contributed by atoms with Gasteiger partial charge in [0, 0.05) is 24.7 Å². The molecule has 1 aliphatic heterocycles. The zero-order valence-electron chi connectivity index (χ0n) is 9.04. The Morgan fingerprint density at radius 1 is 1.64 bits per heavy atom. The lowest BCUT2D eigenvalue weighted by Gasteiger charge is -2.29. The average Bonchev–Trinajstić information content (AvgIpc) is 2.17. The van der Waals surface area contributed by atoms with Crippen LogP contribution >= 0.6 is 23.4 Å². The Morgan fingerprint density at radius 2 is 2.43 bits per heavy atom. The van der Waals surface area contributed by atoms with E-state index in [2.05, 4.69) is 18.9 Å². The van der Waals surface area contributed by atoms with E-state index < -0.39 is 0 Å². The van der Waals surface area contributed by atoms with Crippen molar-refractivity contribution in [2.45, 2.75) is 13.0 Å².